The molecule has 0 unspecified atom stereocenters. The van der Waals surface area contributed by atoms with Gasteiger partial charge in [-0.3, -0.25) is 4.79 Å². The Labute approximate surface area is 177 Å². The van der Waals surface area contributed by atoms with Crippen LogP contribution in [0.25, 0.3) is 0 Å². The fourth-order valence-electron chi connectivity index (χ4n) is 3.76. The molecular formula is C21H46O4Si3. The number of hydrogen-bond acceptors (Lipinski definition) is 4. The first-order chi connectivity index (χ1) is 13.1. The summed E-state index contributed by atoms with van der Waals surface area (Å²) in [6, 6.07) is 7.83. The van der Waals surface area contributed by atoms with Gasteiger partial charge < -0.3 is 13.0 Å². The van der Waals surface area contributed by atoms with Crippen LogP contribution in [-0.4, -0.2) is 44.2 Å². The molecule has 0 spiro atoms. The van der Waals surface area contributed by atoms with Crippen LogP contribution in [0.1, 0.15) is 54.9 Å². The average Bonchev–Trinajstić information content (AvgIpc) is 2.70. The summed E-state index contributed by atoms with van der Waals surface area (Å²) in [4.78, 5) is 11.7. The van der Waals surface area contributed by atoms with E-state index in [1.807, 2.05) is 0 Å². The molecule has 7 heteroatoms. The standard InChI is InChI=1S/C21H46O4Si3/c1-10-27(11-2,12-3)24-26(9,25-28(13-4,14-5)15-6)18-16-17-23-19-21(22)20(7)8/h7,10-19H2,1-6,8-9H3. The van der Waals surface area contributed by atoms with Crippen LogP contribution in [-0.2, 0) is 17.8 Å². The summed E-state index contributed by atoms with van der Waals surface area (Å²) in [5.74, 6) is -0.0174. The van der Waals surface area contributed by atoms with E-state index in [2.05, 4.69) is 54.7 Å². The molecule has 0 saturated heterocycles. The summed E-state index contributed by atoms with van der Waals surface area (Å²) in [6.07, 6.45) is 0.884. The molecule has 0 rings (SSSR count). The highest BCUT2D eigenvalue weighted by Gasteiger charge is 2.45. The van der Waals surface area contributed by atoms with Gasteiger partial charge in [-0.25, -0.2) is 0 Å². The van der Waals surface area contributed by atoms with Crippen LogP contribution >= 0.6 is 0 Å². The van der Waals surface area contributed by atoms with Crippen LogP contribution in [0.4, 0.5) is 0 Å². The van der Waals surface area contributed by atoms with Crippen molar-refractivity contribution in [2.45, 2.75) is 104 Å². The van der Waals surface area contributed by atoms with Gasteiger partial charge in [0.15, 0.2) is 22.4 Å². The molecule has 0 aromatic rings. The lowest BCUT2D eigenvalue weighted by molar-refractivity contribution is -0.119. The zero-order valence-corrected chi connectivity index (χ0v) is 22.9. The predicted molar refractivity (Wildman–Crippen MR) is 128 cm³/mol. The van der Waals surface area contributed by atoms with E-state index in [4.69, 9.17) is 13.0 Å². The topological polar surface area (TPSA) is 44.8 Å². The molecular weight excluding hydrogens is 400 g/mol. The molecule has 28 heavy (non-hydrogen) atoms. The van der Waals surface area contributed by atoms with Crippen LogP contribution in [0, 0.1) is 0 Å². The summed E-state index contributed by atoms with van der Waals surface area (Å²) in [7, 11) is -5.78. The first-order valence-corrected chi connectivity index (χ1v) is 18.9. The van der Waals surface area contributed by atoms with Crippen molar-refractivity contribution in [2.75, 3.05) is 13.2 Å². The molecule has 4 nitrogen and oxygen atoms in total. The lowest BCUT2D eigenvalue weighted by atomic mass is 10.2. The zero-order chi connectivity index (χ0) is 21.8. The van der Waals surface area contributed by atoms with Crippen molar-refractivity contribution in [1.29, 1.82) is 0 Å². The van der Waals surface area contributed by atoms with E-state index in [1.165, 1.54) is 0 Å². The summed E-state index contributed by atoms with van der Waals surface area (Å²) in [5.41, 5.74) is 0.556. The van der Waals surface area contributed by atoms with Gasteiger partial charge in [0.25, 0.3) is 0 Å². The van der Waals surface area contributed by atoms with Gasteiger partial charge in [0.2, 0.25) is 0 Å². The van der Waals surface area contributed by atoms with Crippen molar-refractivity contribution < 1.29 is 17.8 Å². The van der Waals surface area contributed by atoms with Crippen molar-refractivity contribution in [3.8, 4) is 0 Å². The Bertz CT molecular complexity index is 436. The summed E-state index contributed by atoms with van der Waals surface area (Å²) < 4.78 is 19.7. The van der Waals surface area contributed by atoms with E-state index < -0.39 is 25.2 Å². The first-order valence-electron chi connectivity index (χ1n) is 11.3. The second-order valence-corrected chi connectivity index (χ2v) is 21.6. The van der Waals surface area contributed by atoms with E-state index in [9.17, 15) is 4.79 Å². The molecule has 0 aromatic heterocycles. The van der Waals surface area contributed by atoms with Crippen molar-refractivity contribution in [2.24, 2.45) is 0 Å². The number of rotatable bonds is 17. The average molecular weight is 447 g/mol. The van der Waals surface area contributed by atoms with Gasteiger partial charge in [-0.15, -0.1) is 0 Å². The van der Waals surface area contributed by atoms with Crippen LogP contribution in [0.3, 0.4) is 0 Å². The number of hydrogen-bond donors (Lipinski definition) is 0. The number of Topliss-reactive ketones (excluding diaryl/α,β-unsaturated/α-hetero) is 1. The maximum atomic E-state index is 11.7. The quantitative estimate of drug-likeness (QED) is 0.142. The zero-order valence-electron chi connectivity index (χ0n) is 19.9. The molecule has 0 amide bonds. The number of carbonyl (C=O) groups excluding carboxylic acids is 1. The second kappa shape index (κ2) is 13.3. The maximum Gasteiger partial charge on any atom is 0.314 e. The molecule has 0 aliphatic rings. The lowest BCUT2D eigenvalue weighted by Crippen LogP contribution is -2.56. The van der Waals surface area contributed by atoms with Gasteiger partial charge in [0.1, 0.15) is 6.61 Å². The normalized spacial score (nSPS) is 13.0. The van der Waals surface area contributed by atoms with E-state index >= 15 is 0 Å². The van der Waals surface area contributed by atoms with Gasteiger partial charge in [0, 0.05) is 6.61 Å². The third-order valence-corrected chi connectivity index (χ3v) is 22.3. The molecule has 0 aliphatic heterocycles. The number of ether oxygens (including phenoxy) is 1. The van der Waals surface area contributed by atoms with Crippen LogP contribution in [0.5, 0.6) is 0 Å². The number of ketones is 1. The second-order valence-electron chi connectivity index (χ2n) is 8.18. The smallest absolute Gasteiger partial charge is 0.314 e. The molecule has 0 N–H and O–H groups in total. The van der Waals surface area contributed by atoms with Gasteiger partial charge in [-0.2, -0.15) is 0 Å². The molecule has 0 aromatic carbocycles. The predicted octanol–water partition coefficient (Wildman–Crippen LogP) is 6.65. The Morgan fingerprint density at radius 3 is 1.54 bits per heavy atom. The van der Waals surface area contributed by atoms with Crippen LogP contribution < -0.4 is 0 Å². The Kier molecular flexibility index (Phi) is 13.3. The van der Waals surface area contributed by atoms with Crippen molar-refractivity contribution in [3.63, 3.8) is 0 Å². The molecule has 0 saturated carbocycles. The van der Waals surface area contributed by atoms with Gasteiger partial charge in [-0.1, -0.05) is 48.1 Å². The Morgan fingerprint density at radius 1 is 0.821 bits per heavy atom. The Balaban J connectivity index is 5.22. The number of carbonyl (C=O) groups is 1. The highest BCUT2D eigenvalue weighted by atomic mass is 28.5. The van der Waals surface area contributed by atoms with Crippen molar-refractivity contribution >= 4 is 31.0 Å². The fraction of sp³-hybridized carbons (Fsp3) is 0.857. The van der Waals surface area contributed by atoms with E-state index in [1.54, 1.807) is 6.92 Å². The third-order valence-electron chi connectivity index (χ3n) is 6.36. The Morgan fingerprint density at radius 2 is 1.21 bits per heavy atom. The summed E-state index contributed by atoms with van der Waals surface area (Å²) in [6.45, 7) is 22.1. The lowest BCUT2D eigenvalue weighted by Gasteiger charge is -2.44. The van der Waals surface area contributed by atoms with Gasteiger partial charge in [0.05, 0.1) is 0 Å². The molecule has 0 atom stereocenters. The molecule has 0 radical (unpaired) electrons. The molecule has 0 aliphatic carbocycles. The fourth-order valence-corrected chi connectivity index (χ4v) is 19.7. The Hall–Kier alpha value is -0.0594. The summed E-state index contributed by atoms with van der Waals surface area (Å²) >= 11 is 0. The maximum absolute atomic E-state index is 11.7. The summed E-state index contributed by atoms with van der Waals surface area (Å²) in [5, 5.41) is 0. The minimum Gasteiger partial charge on any atom is -0.436 e. The van der Waals surface area contributed by atoms with E-state index in [-0.39, 0.29) is 12.4 Å². The van der Waals surface area contributed by atoms with Crippen LogP contribution in [0.15, 0.2) is 12.2 Å². The van der Waals surface area contributed by atoms with Gasteiger partial charge in [-0.05, 0) is 67.8 Å². The van der Waals surface area contributed by atoms with Crippen molar-refractivity contribution in [1.82, 2.24) is 0 Å². The highest BCUT2D eigenvalue weighted by Crippen LogP contribution is 2.34. The van der Waals surface area contributed by atoms with E-state index in [0.29, 0.717) is 12.2 Å². The van der Waals surface area contributed by atoms with Gasteiger partial charge >= 0.3 is 8.56 Å². The third kappa shape index (κ3) is 8.75. The largest absolute Gasteiger partial charge is 0.436 e. The minimum atomic E-state index is -2.30. The SMILES string of the molecule is C=C(C)C(=O)COCCC[Si](C)(O[Si](CC)(CC)CC)O[Si](CC)(CC)CC. The monoisotopic (exact) mass is 446 g/mol. The van der Waals surface area contributed by atoms with Crippen LogP contribution in [0.2, 0.25) is 48.9 Å². The first kappa shape index (κ1) is 27.9. The molecule has 0 bridgehead atoms. The minimum absolute atomic E-state index is 0.0174. The highest BCUT2D eigenvalue weighted by molar-refractivity contribution is 6.89. The van der Waals surface area contributed by atoms with Crippen molar-refractivity contribution in [3.05, 3.63) is 12.2 Å². The van der Waals surface area contributed by atoms with E-state index in [0.717, 1.165) is 48.7 Å². The molecule has 0 fully saturated rings. The molecule has 0 heterocycles. The molecule has 166 valence electrons.